The van der Waals surface area contributed by atoms with Crippen molar-refractivity contribution in [1.29, 1.82) is 0 Å². The van der Waals surface area contributed by atoms with Gasteiger partial charge >= 0.3 is 16.8 Å². The van der Waals surface area contributed by atoms with Crippen LogP contribution in [0.1, 0.15) is 12.8 Å². The second-order valence-corrected chi connectivity index (χ2v) is 2.31. The minimum absolute atomic E-state index is 0. The Morgan fingerprint density at radius 1 is 0.650 bits per heavy atom. The summed E-state index contributed by atoms with van der Waals surface area (Å²) in [6, 6.07) is 0. The Balaban J connectivity index is -0.0000000318. The molecule has 0 aromatic carbocycles. The van der Waals surface area contributed by atoms with Crippen molar-refractivity contribution in [3.05, 3.63) is 30.6 Å². The van der Waals surface area contributed by atoms with Gasteiger partial charge in [0.1, 0.15) is 0 Å². The van der Waals surface area contributed by atoms with Crippen molar-refractivity contribution in [2.75, 3.05) is 26.2 Å². The largest absolute Gasteiger partial charge is 2.00 e. The van der Waals surface area contributed by atoms with Crippen LogP contribution in [0.5, 0.6) is 0 Å². The monoisotopic (exact) mass is 349 g/mol. The number of hydrogen-bond donors (Lipinski definition) is 4. The van der Waals surface area contributed by atoms with Gasteiger partial charge < -0.3 is 59.1 Å². The molecule has 0 amide bonds. The van der Waals surface area contributed by atoms with E-state index in [1.54, 1.807) is 0 Å². The van der Waals surface area contributed by atoms with Crippen LogP contribution < -0.4 is 22.9 Å². The third kappa shape index (κ3) is 563. The molecular weight excluding hydrogens is 327 g/mol. The number of rotatable bonds is 4. The van der Waals surface area contributed by atoms with Gasteiger partial charge in [0.2, 0.25) is 0 Å². The van der Waals surface area contributed by atoms with Gasteiger partial charge in [0.15, 0.2) is 0 Å². The van der Waals surface area contributed by atoms with E-state index in [2.05, 4.69) is 0 Å². The molecule has 0 heterocycles. The van der Waals surface area contributed by atoms with Crippen LogP contribution in [0.3, 0.4) is 0 Å². The van der Waals surface area contributed by atoms with Crippen LogP contribution in [-0.4, -0.2) is 41.8 Å². The Morgan fingerprint density at radius 2 is 0.750 bits per heavy atom. The summed E-state index contributed by atoms with van der Waals surface area (Å²) >= 11 is 0. The molecule has 0 spiro atoms. The summed E-state index contributed by atoms with van der Waals surface area (Å²) in [6.07, 6.45) is 1.89. The molecule has 0 aromatic rings. The fourth-order valence-corrected chi connectivity index (χ4v) is 0.236. The van der Waals surface area contributed by atoms with E-state index >= 15 is 0 Å². The average molecular weight is 349 g/mol. The maximum Gasteiger partial charge on any atom is 2.00 e. The Morgan fingerprint density at radius 3 is 0.750 bits per heavy atom. The third-order valence-electron chi connectivity index (χ3n) is 0.816. The molecule has 0 bridgehead atoms. The molecule has 0 aliphatic rings. The fourth-order valence-electron chi connectivity index (χ4n) is 0.236. The Bertz CT molecular complexity index is 148. The molecule has 0 saturated carbocycles. The molecule has 0 saturated heterocycles. The predicted molar refractivity (Wildman–Crippen MR) is 69.8 cm³/mol. The molecule has 0 aliphatic heterocycles. The van der Waals surface area contributed by atoms with Crippen molar-refractivity contribution >= 4 is 0 Å². The topological polar surface area (TPSA) is 268 Å². The van der Waals surface area contributed by atoms with E-state index < -0.39 is 10.2 Å². The van der Waals surface area contributed by atoms with Crippen LogP contribution in [-0.2, 0) is 16.8 Å². The summed E-state index contributed by atoms with van der Waals surface area (Å²) in [6.45, 7) is 2.88. The molecule has 0 rings (SSSR count). The van der Waals surface area contributed by atoms with Crippen LogP contribution in [0.2, 0.25) is 0 Å². The Kier molecular flexibility index (Phi) is 78.3. The maximum atomic E-state index is 8.25. The first-order valence-corrected chi connectivity index (χ1v) is 4.73. The van der Waals surface area contributed by atoms with Crippen molar-refractivity contribution in [3.63, 3.8) is 0 Å². The minimum atomic E-state index is -1.75. The summed E-state index contributed by atoms with van der Waals surface area (Å²) < 4.78 is 0. The van der Waals surface area contributed by atoms with Gasteiger partial charge in [-0.15, -0.1) is 0 Å². The summed E-state index contributed by atoms with van der Waals surface area (Å²) in [7, 11) is 0. The molecule has 0 aliphatic carbocycles. The molecule has 13 nitrogen and oxygen atoms in total. The molecule has 14 heteroatoms. The van der Waals surface area contributed by atoms with Crippen molar-refractivity contribution in [2.45, 2.75) is 12.8 Å². The van der Waals surface area contributed by atoms with Crippen LogP contribution >= 0.6 is 0 Å². The van der Waals surface area contributed by atoms with Gasteiger partial charge in [0, 0.05) is 0 Å². The van der Waals surface area contributed by atoms with E-state index in [1.807, 2.05) is 0 Å². The SMILES string of the molecule is NCCCN.NCCCN.O.O=[N+]([O-])[O-].O=[N+]([O-])[O-].[Co+2]. The summed E-state index contributed by atoms with van der Waals surface area (Å²) in [5.41, 5.74) is 20.2. The van der Waals surface area contributed by atoms with E-state index in [0.717, 1.165) is 39.0 Å². The molecule has 127 valence electrons. The smallest absolute Gasteiger partial charge is 0.412 e. The van der Waals surface area contributed by atoms with E-state index in [0.29, 0.717) is 0 Å². The summed E-state index contributed by atoms with van der Waals surface area (Å²) in [4.78, 5) is 16.5. The number of hydrogen-bond acceptors (Lipinski definition) is 10. The zero-order valence-electron chi connectivity index (χ0n) is 10.7. The van der Waals surface area contributed by atoms with Crippen molar-refractivity contribution in [1.82, 2.24) is 0 Å². The third-order valence-corrected chi connectivity index (χ3v) is 0.816. The van der Waals surface area contributed by atoms with Crippen LogP contribution in [0.25, 0.3) is 0 Å². The Labute approximate surface area is 126 Å². The average Bonchev–Trinajstić information content (AvgIpc) is 2.19. The van der Waals surface area contributed by atoms with E-state index in [4.69, 9.17) is 53.6 Å². The van der Waals surface area contributed by atoms with Crippen molar-refractivity contribution in [3.8, 4) is 0 Å². The van der Waals surface area contributed by atoms with E-state index in [9.17, 15) is 0 Å². The van der Waals surface area contributed by atoms with Gasteiger partial charge in [0.25, 0.3) is 0 Å². The number of nitrogens with two attached hydrogens (primary N) is 4. The quantitative estimate of drug-likeness (QED) is 0.300. The molecule has 10 N–H and O–H groups in total. The first kappa shape index (κ1) is 36.3. The number of nitrogens with zero attached hydrogens (tertiary/aromatic N) is 2. The summed E-state index contributed by atoms with van der Waals surface area (Å²) in [5, 5.41) is 29.5. The van der Waals surface area contributed by atoms with Crippen LogP contribution in [0.4, 0.5) is 0 Å². The first-order chi connectivity index (χ1) is 8.29. The molecule has 1 radical (unpaired) electrons. The van der Waals surface area contributed by atoms with Crippen molar-refractivity contribution < 1.29 is 32.4 Å². The second-order valence-electron chi connectivity index (χ2n) is 2.31. The zero-order chi connectivity index (χ0) is 15.4. The van der Waals surface area contributed by atoms with E-state index in [1.165, 1.54) is 0 Å². The predicted octanol–water partition coefficient (Wildman–Crippen LogP) is -2.72. The minimum Gasteiger partial charge on any atom is -0.412 e. The normalized spacial score (nSPS) is 6.60. The molecule has 0 unspecified atom stereocenters. The van der Waals surface area contributed by atoms with Crippen LogP contribution in [0, 0.1) is 30.6 Å². The first-order valence-electron chi connectivity index (χ1n) is 4.73. The standard InChI is InChI=1S/2C3H10N2.Co.2NO3.H2O/c2*4-2-1-3-5;;2*2-1(3)4;/h2*1-5H2;;;;1H2/q;;+2;2*-1;. The van der Waals surface area contributed by atoms with E-state index in [-0.39, 0.29) is 22.3 Å². The molecule has 0 aromatic heterocycles. The van der Waals surface area contributed by atoms with Gasteiger partial charge in [-0.25, -0.2) is 0 Å². The summed E-state index contributed by atoms with van der Waals surface area (Å²) in [5.74, 6) is 0. The second kappa shape index (κ2) is 43.1. The van der Waals surface area contributed by atoms with Gasteiger partial charge in [-0.05, 0) is 39.0 Å². The van der Waals surface area contributed by atoms with Crippen molar-refractivity contribution in [2.24, 2.45) is 22.9 Å². The Hall–Kier alpha value is -1.29. The molecule has 20 heavy (non-hydrogen) atoms. The molecular formula is C6H22CoN6O7. The zero-order valence-corrected chi connectivity index (χ0v) is 11.8. The molecule has 0 fully saturated rings. The molecule has 0 atom stereocenters. The van der Waals surface area contributed by atoms with Gasteiger partial charge in [0.05, 0.1) is 10.2 Å². The van der Waals surface area contributed by atoms with Gasteiger partial charge in [-0.1, -0.05) is 0 Å². The van der Waals surface area contributed by atoms with Crippen LogP contribution in [0.15, 0.2) is 0 Å². The maximum absolute atomic E-state index is 8.25. The van der Waals surface area contributed by atoms with Gasteiger partial charge in [-0.3, -0.25) is 0 Å². The fraction of sp³-hybridized carbons (Fsp3) is 1.00. The van der Waals surface area contributed by atoms with Gasteiger partial charge in [-0.2, -0.15) is 0 Å².